The summed E-state index contributed by atoms with van der Waals surface area (Å²) in [5.41, 5.74) is -0.0285. The lowest BCUT2D eigenvalue weighted by atomic mass is 10.0. The van der Waals surface area contributed by atoms with Gasteiger partial charge in [-0.1, -0.05) is 35.0 Å². The summed E-state index contributed by atoms with van der Waals surface area (Å²) >= 11 is 2.93. The van der Waals surface area contributed by atoms with E-state index >= 15 is 0 Å². The molecule has 1 N–H and O–H groups in total. The van der Waals surface area contributed by atoms with Crippen LogP contribution < -0.4 is 5.32 Å². The molecular formula is C13H15BrF3N. The first kappa shape index (κ1) is 15.2. The summed E-state index contributed by atoms with van der Waals surface area (Å²) in [5.74, 6) is 0. The van der Waals surface area contributed by atoms with Crippen molar-refractivity contribution in [1.29, 1.82) is 0 Å². The first-order chi connectivity index (χ1) is 8.40. The molecule has 18 heavy (non-hydrogen) atoms. The molecule has 0 heterocycles. The van der Waals surface area contributed by atoms with E-state index in [0.29, 0.717) is 18.5 Å². The fourth-order valence-electron chi connectivity index (χ4n) is 1.73. The molecule has 0 aliphatic heterocycles. The Morgan fingerprint density at radius 3 is 2.61 bits per heavy atom. The van der Waals surface area contributed by atoms with E-state index in [2.05, 4.69) is 27.8 Å². The highest BCUT2D eigenvalue weighted by molar-refractivity contribution is 9.10. The van der Waals surface area contributed by atoms with Gasteiger partial charge < -0.3 is 5.32 Å². The monoisotopic (exact) mass is 321 g/mol. The highest BCUT2D eigenvalue weighted by Crippen LogP contribution is 2.36. The van der Waals surface area contributed by atoms with Gasteiger partial charge in [0, 0.05) is 10.5 Å². The second kappa shape index (κ2) is 6.38. The van der Waals surface area contributed by atoms with Crippen molar-refractivity contribution in [3.63, 3.8) is 0 Å². The van der Waals surface area contributed by atoms with Gasteiger partial charge in [-0.15, -0.1) is 6.58 Å². The zero-order valence-electron chi connectivity index (χ0n) is 10.0. The Morgan fingerprint density at radius 1 is 1.44 bits per heavy atom. The molecule has 1 atom stereocenters. The summed E-state index contributed by atoms with van der Waals surface area (Å²) in [6.45, 7) is 6.23. The van der Waals surface area contributed by atoms with Gasteiger partial charge in [0.2, 0.25) is 0 Å². The molecule has 100 valence electrons. The van der Waals surface area contributed by atoms with Gasteiger partial charge in [0.25, 0.3) is 0 Å². The van der Waals surface area contributed by atoms with Gasteiger partial charge >= 0.3 is 6.18 Å². The van der Waals surface area contributed by atoms with Crippen molar-refractivity contribution in [3.05, 3.63) is 46.5 Å². The van der Waals surface area contributed by atoms with Crippen molar-refractivity contribution >= 4 is 15.9 Å². The third kappa shape index (κ3) is 3.85. The topological polar surface area (TPSA) is 12.0 Å². The van der Waals surface area contributed by atoms with Crippen LogP contribution in [0.1, 0.15) is 30.5 Å². The molecule has 1 rings (SSSR count). The van der Waals surface area contributed by atoms with Gasteiger partial charge in [-0.3, -0.25) is 0 Å². The number of halogens is 4. The number of alkyl halides is 3. The van der Waals surface area contributed by atoms with Crippen LogP contribution in [0.15, 0.2) is 35.3 Å². The fraction of sp³-hybridized carbons (Fsp3) is 0.385. The summed E-state index contributed by atoms with van der Waals surface area (Å²) < 4.78 is 38.4. The molecule has 1 aromatic carbocycles. The Hall–Kier alpha value is -0.810. The third-order valence-electron chi connectivity index (χ3n) is 2.55. The molecule has 0 fully saturated rings. The average Bonchev–Trinajstić information content (AvgIpc) is 2.28. The average molecular weight is 322 g/mol. The van der Waals surface area contributed by atoms with E-state index in [0.717, 1.165) is 0 Å². The molecule has 0 aliphatic carbocycles. The summed E-state index contributed by atoms with van der Waals surface area (Å²) in [5, 5.41) is 3.14. The Morgan fingerprint density at radius 2 is 2.11 bits per heavy atom. The molecule has 0 bridgehead atoms. The van der Waals surface area contributed by atoms with E-state index in [1.165, 1.54) is 12.1 Å². The van der Waals surface area contributed by atoms with Gasteiger partial charge in [-0.25, -0.2) is 0 Å². The molecule has 1 aromatic rings. The highest BCUT2D eigenvalue weighted by Gasteiger charge is 2.33. The maximum atomic E-state index is 12.8. The van der Waals surface area contributed by atoms with E-state index in [1.807, 2.05) is 6.92 Å². The maximum absolute atomic E-state index is 12.8. The Kier molecular flexibility index (Phi) is 5.41. The van der Waals surface area contributed by atoms with Gasteiger partial charge in [0.05, 0.1) is 5.56 Å². The molecule has 0 saturated heterocycles. The number of nitrogens with one attached hydrogen (secondary N) is 1. The van der Waals surface area contributed by atoms with Crippen molar-refractivity contribution < 1.29 is 13.2 Å². The van der Waals surface area contributed by atoms with E-state index in [-0.39, 0.29) is 10.5 Å². The molecule has 0 amide bonds. The summed E-state index contributed by atoms with van der Waals surface area (Å²) in [6.07, 6.45) is -2.06. The van der Waals surface area contributed by atoms with Crippen LogP contribution in [0, 0.1) is 0 Å². The van der Waals surface area contributed by atoms with Crippen LogP contribution >= 0.6 is 15.9 Å². The van der Waals surface area contributed by atoms with Crippen LogP contribution in [-0.2, 0) is 6.18 Å². The number of hydrogen-bond donors (Lipinski definition) is 1. The molecule has 5 heteroatoms. The van der Waals surface area contributed by atoms with Gasteiger partial charge in [0.15, 0.2) is 0 Å². The van der Waals surface area contributed by atoms with Gasteiger partial charge in [0.1, 0.15) is 0 Å². The Labute approximate surface area is 113 Å². The third-order valence-corrected chi connectivity index (χ3v) is 3.24. The van der Waals surface area contributed by atoms with Gasteiger partial charge in [-0.2, -0.15) is 13.2 Å². The normalized spacial score (nSPS) is 13.4. The highest BCUT2D eigenvalue weighted by atomic mass is 79.9. The molecule has 0 saturated carbocycles. The first-order valence-electron chi connectivity index (χ1n) is 5.61. The smallest absolute Gasteiger partial charge is 0.310 e. The molecule has 0 radical (unpaired) electrons. The van der Waals surface area contributed by atoms with E-state index in [1.54, 1.807) is 12.1 Å². The van der Waals surface area contributed by atoms with Crippen LogP contribution in [0.25, 0.3) is 0 Å². The van der Waals surface area contributed by atoms with Crippen LogP contribution in [0.4, 0.5) is 13.2 Å². The van der Waals surface area contributed by atoms with Gasteiger partial charge in [-0.05, 0) is 30.7 Å². The molecule has 1 nitrogen and oxygen atoms in total. The molecule has 0 aromatic heterocycles. The van der Waals surface area contributed by atoms with Crippen molar-refractivity contribution in [2.45, 2.75) is 25.6 Å². The Bertz CT molecular complexity index is 415. The lowest BCUT2D eigenvalue weighted by molar-refractivity contribution is -0.138. The molecular weight excluding hydrogens is 307 g/mol. The van der Waals surface area contributed by atoms with Crippen LogP contribution in [0.5, 0.6) is 0 Å². The molecule has 0 spiro atoms. The van der Waals surface area contributed by atoms with Crippen LogP contribution in [0.3, 0.4) is 0 Å². The van der Waals surface area contributed by atoms with E-state index in [4.69, 9.17) is 0 Å². The largest absolute Gasteiger partial charge is 0.417 e. The lowest BCUT2D eigenvalue weighted by Crippen LogP contribution is -2.21. The van der Waals surface area contributed by atoms with Crippen LogP contribution in [-0.4, -0.2) is 6.54 Å². The van der Waals surface area contributed by atoms with Crippen molar-refractivity contribution in [3.8, 4) is 0 Å². The minimum absolute atomic E-state index is 0.0626. The summed E-state index contributed by atoms with van der Waals surface area (Å²) in [6, 6.07) is 4.17. The fourth-order valence-corrected chi connectivity index (χ4v) is 2.20. The number of hydrogen-bond acceptors (Lipinski definition) is 1. The van der Waals surface area contributed by atoms with Crippen molar-refractivity contribution in [2.24, 2.45) is 0 Å². The second-order valence-corrected chi connectivity index (χ2v) is 4.73. The van der Waals surface area contributed by atoms with E-state index < -0.39 is 11.7 Å². The van der Waals surface area contributed by atoms with Crippen molar-refractivity contribution in [1.82, 2.24) is 5.32 Å². The predicted octanol–water partition coefficient (Wildman–Crippen LogP) is 4.69. The minimum Gasteiger partial charge on any atom is -0.310 e. The molecule has 0 aliphatic rings. The summed E-state index contributed by atoms with van der Waals surface area (Å²) in [7, 11) is 0. The van der Waals surface area contributed by atoms with Crippen LogP contribution in [0.2, 0.25) is 0 Å². The minimum atomic E-state index is -4.35. The second-order valence-electron chi connectivity index (χ2n) is 3.87. The zero-order valence-corrected chi connectivity index (χ0v) is 11.6. The Balaban J connectivity index is 3.13. The maximum Gasteiger partial charge on any atom is 0.417 e. The SMILES string of the molecule is C=CCC(NCC)c1ccc(Br)c(C(F)(F)F)c1. The van der Waals surface area contributed by atoms with Crippen molar-refractivity contribution in [2.75, 3.05) is 6.54 Å². The number of rotatable bonds is 5. The lowest BCUT2D eigenvalue weighted by Gasteiger charge is -2.19. The quantitative estimate of drug-likeness (QED) is 0.775. The summed E-state index contributed by atoms with van der Waals surface area (Å²) in [4.78, 5) is 0. The first-order valence-corrected chi connectivity index (χ1v) is 6.40. The zero-order chi connectivity index (χ0) is 13.8. The predicted molar refractivity (Wildman–Crippen MR) is 70.4 cm³/mol. The standard InChI is InChI=1S/C13H15BrF3N/c1-3-5-12(18-4-2)9-6-7-11(14)10(8-9)13(15,16)17/h3,6-8,12,18H,1,4-5H2,2H3. The number of benzene rings is 1. The van der Waals surface area contributed by atoms with E-state index in [9.17, 15) is 13.2 Å². The molecule has 1 unspecified atom stereocenters.